The molecule has 59 heavy (non-hydrogen) atoms. The van der Waals surface area contributed by atoms with Crippen LogP contribution in [-0.2, 0) is 97.5 Å². The van der Waals surface area contributed by atoms with Crippen molar-refractivity contribution < 1.29 is 113 Å². The summed E-state index contributed by atoms with van der Waals surface area (Å²) in [6.45, 7) is 2.60. The summed E-state index contributed by atoms with van der Waals surface area (Å²) in [6, 6.07) is 56.1. The van der Waals surface area contributed by atoms with Crippen LogP contribution in [0.15, 0.2) is 176 Å². The van der Waals surface area contributed by atoms with Gasteiger partial charge in [-0.1, -0.05) is 72.8 Å². The second kappa shape index (κ2) is 29.3. The van der Waals surface area contributed by atoms with Crippen LogP contribution in [0.2, 0.25) is 0 Å². The van der Waals surface area contributed by atoms with Crippen LogP contribution in [0.3, 0.4) is 0 Å². The Hall–Kier alpha value is -3.91. The normalized spacial score (nSPS) is 9.17. The maximum absolute atomic E-state index is 6.32. The van der Waals surface area contributed by atoms with Gasteiger partial charge in [0, 0.05) is 102 Å². The Labute approximate surface area is 409 Å². The molecule has 0 amide bonds. The molecule has 0 saturated heterocycles. The van der Waals surface area contributed by atoms with Crippen LogP contribution in [0, 0.1) is 36.6 Å². The minimum absolute atomic E-state index is 0. The number of para-hydroxylation sites is 4. The zero-order valence-corrected chi connectivity index (χ0v) is 45.5. The largest absolute Gasteiger partial charge is 0.489 e. The van der Waals surface area contributed by atoms with Crippen molar-refractivity contribution >= 4 is 0 Å². The fourth-order valence-electron chi connectivity index (χ4n) is 5.38. The molecule has 7 aromatic carbocycles. The molecule has 7 aromatic rings. The van der Waals surface area contributed by atoms with E-state index in [1.165, 1.54) is 0 Å². The third-order valence-electron chi connectivity index (χ3n) is 7.63. The van der Waals surface area contributed by atoms with E-state index >= 15 is 0 Å². The summed E-state index contributed by atoms with van der Waals surface area (Å²) in [6.07, 6.45) is 0. The molecule has 10 heteroatoms. The fourth-order valence-corrected chi connectivity index (χ4v) is 5.38. The van der Waals surface area contributed by atoms with Crippen LogP contribution in [0.25, 0.3) is 0 Å². The number of hydrogen-bond acceptors (Lipinski definition) is 6. The van der Waals surface area contributed by atoms with E-state index in [9.17, 15) is 0 Å². The molecular formula is C49H48O6W4-4. The minimum atomic E-state index is 0. The van der Waals surface area contributed by atoms with Gasteiger partial charge in [-0.15, -0.1) is 0 Å². The average molecular weight is 1470 g/mol. The Morgan fingerprint density at radius 2 is 0.525 bits per heavy atom. The maximum atomic E-state index is 6.32. The molecule has 0 spiro atoms. The Kier molecular flexibility index (Phi) is 28.4. The summed E-state index contributed by atoms with van der Waals surface area (Å²) in [5, 5.41) is 0. The summed E-state index contributed by atoms with van der Waals surface area (Å²) >= 11 is 0. The molecule has 7 rings (SSSR count). The summed E-state index contributed by atoms with van der Waals surface area (Å²) in [5.74, 6) is 6.89. The quantitative estimate of drug-likeness (QED) is 0.101. The first kappa shape index (κ1) is 57.2. The first-order chi connectivity index (χ1) is 25.1. The minimum Gasteiger partial charge on any atom is -0.489 e. The van der Waals surface area contributed by atoms with Crippen LogP contribution in [-0.4, -0.2) is 0 Å². The number of hydrogen-bond donors (Lipinski definition) is 0. The van der Waals surface area contributed by atoms with Crippen molar-refractivity contribution in [3.63, 3.8) is 0 Å². The topological polar surface area (TPSA) is 55.4 Å². The van der Waals surface area contributed by atoms with Gasteiger partial charge in [0.2, 0.25) is 0 Å². The van der Waals surface area contributed by atoms with Crippen molar-refractivity contribution in [2.24, 2.45) is 0 Å². The molecule has 0 aliphatic carbocycles. The van der Waals surface area contributed by atoms with E-state index in [1.807, 2.05) is 183 Å². The molecule has 0 aromatic heterocycles. The molecule has 0 unspecified atom stereocenters. The molecule has 0 N–H and O–H groups in total. The Bertz CT molecular complexity index is 1900. The van der Waals surface area contributed by atoms with E-state index in [0.717, 1.165) is 39.7 Å². The van der Waals surface area contributed by atoms with Crippen molar-refractivity contribution in [2.75, 3.05) is 0 Å². The van der Waals surface area contributed by atoms with Gasteiger partial charge in [-0.25, -0.2) is 0 Å². The van der Waals surface area contributed by atoms with Gasteiger partial charge in [0.1, 0.15) is 70.7 Å². The van der Waals surface area contributed by atoms with Gasteiger partial charge in [0.15, 0.2) is 0 Å². The second-order valence-electron chi connectivity index (χ2n) is 11.8. The van der Waals surface area contributed by atoms with Gasteiger partial charge in [-0.3, -0.25) is 0 Å². The van der Waals surface area contributed by atoms with Gasteiger partial charge in [0.25, 0.3) is 0 Å². The molecule has 0 bridgehead atoms. The first-order valence-electron chi connectivity index (χ1n) is 16.7. The van der Waals surface area contributed by atoms with Crippen LogP contribution in [0.1, 0.15) is 16.7 Å². The van der Waals surface area contributed by atoms with Crippen LogP contribution in [0.5, 0.6) is 57.5 Å². The number of aryl methyl sites for hydroxylation is 1. The molecule has 0 aliphatic heterocycles. The fraction of sp³-hybridized carbons (Fsp3) is 0.0612. The summed E-state index contributed by atoms with van der Waals surface area (Å²) < 4.78 is 37.3. The maximum Gasteiger partial charge on any atom is 0.131 e. The van der Waals surface area contributed by atoms with E-state index in [1.54, 1.807) is 0 Å². The van der Waals surface area contributed by atoms with Gasteiger partial charge in [-0.2, -0.15) is 0 Å². The van der Waals surface area contributed by atoms with Crippen LogP contribution >= 0.6 is 0 Å². The molecular weight excluding hydrogens is 1420 g/mol. The molecule has 6 nitrogen and oxygen atoms in total. The molecule has 0 heterocycles. The third-order valence-corrected chi connectivity index (χ3v) is 7.63. The Morgan fingerprint density at radius 3 is 0.780 bits per heavy atom. The molecule has 0 radical (unpaired) electrons. The van der Waals surface area contributed by atoms with Crippen LogP contribution < -0.4 is 28.4 Å². The molecule has 0 aliphatic rings. The zero-order valence-electron chi connectivity index (χ0n) is 33.7. The average Bonchev–Trinajstić information content (AvgIpc) is 3.15. The van der Waals surface area contributed by atoms with E-state index < -0.39 is 0 Å². The van der Waals surface area contributed by atoms with Crippen molar-refractivity contribution in [1.29, 1.82) is 0 Å². The summed E-state index contributed by atoms with van der Waals surface area (Å²) in [5.41, 5.74) is 2.78. The Morgan fingerprint density at radius 1 is 0.288 bits per heavy atom. The van der Waals surface area contributed by atoms with Gasteiger partial charge in [0.05, 0.1) is 0 Å². The van der Waals surface area contributed by atoms with Crippen molar-refractivity contribution in [1.82, 2.24) is 0 Å². The monoisotopic (exact) mass is 1470 g/mol. The number of ether oxygens (including phenoxy) is 6. The smallest absolute Gasteiger partial charge is 0.131 e. The number of rotatable bonds is 14. The predicted octanol–water partition coefficient (Wildman–Crippen LogP) is 14.1. The standard InChI is InChI=1S/C45H36O6.4CH3.4W/c1-33-22-40(46-31-34-24-42(48-36-14-6-2-7-15-36)29-43(25-34)49-37-16-8-3-9-17-37)28-41(23-33)47-32-35-26-44(50-38-18-10-4-11-19-38)30-45(27-35)51-39-20-12-5-13-21-39;;;;;;;;/h2-30H,31-32H2,1H3;4*1H3;;;;/q;4*-1;;;;. The summed E-state index contributed by atoms with van der Waals surface area (Å²) in [7, 11) is 0. The van der Waals surface area contributed by atoms with Crippen LogP contribution in [0.4, 0.5) is 0 Å². The van der Waals surface area contributed by atoms with Crippen molar-refractivity contribution in [2.45, 2.75) is 20.1 Å². The van der Waals surface area contributed by atoms with Gasteiger partial charge >= 0.3 is 0 Å². The van der Waals surface area contributed by atoms with Crippen molar-refractivity contribution in [3.05, 3.63) is 222 Å². The zero-order chi connectivity index (χ0) is 34.7. The Balaban J connectivity index is 0. The van der Waals surface area contributed by atoms with Gasteiger partial charge < -0.3 is 58.1 Å². The predicted molar refractivity (Wildman–Crippen MR) is 224 cm³/mol. The second-order valence-corrected chi connectivity index (χ2v) is 11.8. The molecule has 0 atom stereocenters. The van der Waals surface area contributed by atoms with E-state index in [-0.39, 0.29) is 114 Å². The SMILES string of the molecule is Cc1cc(OCc2cc(Oc3ccccc3)cc(Oc3ccccc3)c2)cc(OCc2cc(Oc3ccccc3)cc(Oc3ccccc3)c2)c1.[CH3-].[CH3-].[CH3-].[CH3-].[W].[W].[W].[W]. The van der Waals surface area contributed by atoms with E-state index in [4.69, 9.17) is 28.4 Å². The molecule has 308 valence electrons. The molecule has 0 fully saturated rings. The summed E-state index contributed by atoms with van der Waals surface area (Å²) in [4.78, 5) is 0. The number of benzene rings is 7. The van der Waals surface area contributed by atoms with Crippen molar-refractivity contribution in [3.8, 4) is 57.5 Å². The third kappa shape index (κ3) is 18.1. The van der Waals surface area contributed by atoms with Gasteiger partial charge in [-0.05, 0) is 109 Å². The van der Waals surface area contributed by atoms with E-state index in [2.05, 4.69) is 0 Å². The molecule has 0 saturated carbocycles. The first-order valence-corrected chi connectivity index (χ1v) is 16.7. The van der Waals surface area contributed by atoms with E-state index in [0.29, 0.717) is 47.7 Å².